The zero-order valence-corrected chi connectivity index (χ0v) is 10.7. The van der Waals surface area contributed by atoms with Crippen LogP contribution in [0.3, 0.4) is 0 Å². The molecule has 3 nitrogen and oxygen atoms in total. The third kappa shape index (κ3) is 2.14. The predicted molar refractivity (Wildman–Crippen MR) is 66.3 cm³/mol. The molecule has 0 spiro atoms. The first-order valence-electron chi connectivity index (χ1n) is 6.46. The van der Waals surface area contributed by atoms with Gasteiger partial charge in [0.1, 0.15) is 0 Å². The first-order chi connectivity index (χ1) is 7.74. The molecular formula is C13H23N3. The van der Waals surface area contributed by atoms with E-state index in [1.807, 2.05) is 17.9 Å². The van der Waals surface area contributed by atoms with Gasteiger partial charge in [0.25, 0.3) is 0 Å². The van der Waals surface area contributed by atoms with Crippen molar-refractivity contribution in [3.05, 3.63) is 17.5 Å². The topological polar surface area (TPSA) is 29.9 Å². The van der Waals surface area contributed by atoms with Gasteiger partial charge in [-0.05, 0) is 38.6 Å². The molecule has 1 heterocycles. The number of hydrogen-bond donors (Lipinski definition) is 1. The number of nitrogens with zero attached hydrogens (tertiary/aromatic N) is 2. The molecule has 1 aromatic heterocycles. The Labute approximate surface area is 98.2 Å². The van der Waals surface area contributed by atoms with Crippen LogP contribution in [0.25, 0.3) is 0 Å². The van der Waals surface area contributed by atoms with Crippen molar-refractivity contribution < 1.29 is 0 Å². The van der Waals surface area contributed by atoms with E-state index in [1.54, 1.807) is 0 Å². The van der Waals surface area contributed by atoms with Crippen LogP contribution in [0, 0.1) is 12.8 Å². The molecule has 1 unspecified atom stereocenters. The minimum Gasteiger partial charge on any atom is -0.310 e. The lowest BCUT2D eigenvalue weighted by atomic mass is 9.77. The van der Waals surface area contributed by atoms with Gasteiger partial charge in [-0.15, -0.1) is 0 Å². The molecule has 1 N–H and O–H groups in total. The predicted octanol–water partition coefficient (Wildman–Crippen LogP) is 2.57. The zero-order chi connectivity index (χ0) is 11.5. The second kappa shape index (κ2) is 5.00. The van der Waals surface area contributed by atoms with Crippen molar-refractivity contribution in [3.63, 3.8) is 0 Å². The molecule has 0 bridgehead atoms. The minimum atomic E-state index is 0.530. The highest BCUT2D eigenvalue weighted by Gasteiger charge is 2.29. The molecule has 3 heteroatoms. The molecule has 2 rings (SSSR count). The van der Waals surface area contributed by atoms with Crippen LogP contribution in [0.2, 0.25) is 0 Å². The summed E-state index contributed by atoms with van der Waals surface area (Å²) < 4.78 is 1.98. The van der Waals surface area contributed by atoms with Crippen LogP contribution < -0.4 is 5.32 Å². The van der Waals surface area contributed by atoms with E-state index in [0.29, 0.717) is 6.04 Å². The molecule has 1 fully saturated rings. The number of aromatic nitrogens is 2. The second-order valence-electron chi connectivity index (χ2n) is 4.93. The lowest BCUT2D eigenvalue weighted by Crippen LogP contribution is -2.33. The normalized spacial score (nSPS) is 18.4. The van der Waals surface area contributed by atoms with E-state index >= 15 is 0 Å². The Hall–Kier alpha value is -0.830. The summed E-state index contributed by atoms with van der Waals surface area (Å²) in [6.07, 6.45) is 7.38. The SMILES string of the molecule is CCCNC(c1cnn(C)c1C)C1CCC1. The van der Waals surface area contributed by atoms with Crippen LogP contribution in [0.5, 0.6) is 0 Å². The van der Waals surface area contributed by atoms with E-state index in [1.165, 1.54) is 36.9 Å². The van der Waals surface area contributed by atoms with Gasteiger partial charge in [-0.3, -0.25) is 4.68 Å². The number of rotatable bonds is 5. The highest BCUT2D eigenvalue weighted by Crippen LogP contribution is 2.38. The van der Waals surface area contributed by atoms with Gasteiger partial charge in [0.05, 0.1) is 6.20 Å². The van der Waals surface area contributed by atoms with E-state index in [0.717, 1.165) is 12.5 Å². The summed E-state index contributed by atoms with van der Waals surface area (Å²) in [5.41, 5.74) is 2.71. The van der Waals surface area contributed by atoms with E-state index in [9.17, 15) is 0 Å². The maximum atomic E-state index is 4.36. The van der Waals surface area contributed by atoms with Crippen LogP contribution >= 0.6 is 0 Å². The molecule has 0 radical (unpaired) electrons. The zero-order valence-electron chi connectivity index (χ0n) is 10.7. The van der Waals surface area contributed by atoms with Crippen molar-refractivity contribution in [2.75, 3.05) is 6.54 Å². The van der Waals surface area contributed by atoms with Crippen LogP contribution in [0.15, 0.2) is 6.20 Å². The van der Waals surface area contributed by atoms with E-state index < -0.39 is 0 Å². The standard InChI is InChI=1S/C13H23N3/c1-4-8-14-13(11-6-5-7-11)12-9-15-16(3)10(12)2/h9,11,13-14H,4-8H2,1-3H3. The summed E-state index contributed by atoms with van der Waals surface area (Å²) in [5, 5.41) is 8.05. The average molecular weight is 221 g/mol. The fourth-order valence-electron chi connectivity index (χ4n) is 2.42. The smallest absolute Gasteiger partial charge is 0.0540 e. The van der Waals surface area contributed by atoms with Crippen LogP contribution in [0.4, 0.5) is 0 Å². The molecule has 90 valence electrons. The summed E-state index contributed by atoms with van der Waals surface area (Å²) in [6, 6.07) is 0.530. The second-order valence-corrected chi connectivity index (χ2v) is 4.93. The van der Waals surface area contributed by atoms with Gasteiger partial charge >= 0.3 is 0 Å². The third-order valence-corrected chi connectivity index (χ3v) is 3.84. The summed E-state index contributed by atoms with van der Waals surface area (Å²) in [5.74, 6) is 0.828. The van der Waals surface area contributed by atoms with Gasteiger partial charge in [-0.25, -0.2) is 0 Å². The van der Waals surface area contributed by atoms with Crippen molar-refractivity contribution in [2.45, 2.75) is 45.6 Å². The summed E-state index contributed by atoms with van der Waals surface area (Å²) in [4.78, 5) is 0. The highest BCUT2D eigenvalue weighted by molar-refractivity contribution is 5.22. The van der Waals surface area contributed by atoms with Gasteiger partial charge in [0.15, 0.2) is 0 Å². The summed E-state index contributed by atoms with van der Waals surface area (Å²) >= 11 is 0. The molecule has 1 aliphatic rings. The molecule has 0 aromatic carbocycles. The molecule has 0 amide bonds. The van der Waals surface area contributed by atoms with Crippen LogP contribution in [-0.2, 0) is 7.05 Å². The number of aryl methyl sites for hydroxylation is 1. The van der Waals surface area contributed by atoms with E-state index in [2.05, 4.69) is 24.3 Å². The fourth-order valence-corrected chi connectivity index (χ4v) is 2.42. The van der Waals surface area contributed by atoms with Crippen molar-refractivity contribution in [2.24, 2.45) is 13.0 Å². The Bertz CT molecular complexity index is 339. The molecule has 0 aliphatic heterocycles. The summed E-state index contributed by atoms with van der Waals surface area (Å²) in [6.45, 7) is 5.50. The lowest BCUT2D eigenvalue weighted by molar-refractivity contribution is 0.230. The van der Waals surface area contributed by atoms with Gasteiger partial charge in [-0.2, -0.15) is 5.10 Å². The Kier molecular flexibility index (Phi) is 3.64. The maximum Gasteiger partial charge on any atom is 0.0540 e. The molecule has 1 aromatic rings. The molecule has 1 aliphatic carbocycles. The number of nitrogens with one attached hydrogen (secondary N) is 1. The van der Waals surface area contributed by atoms with E-state index in [-0.39, 0.29) is 0 Å². The quantitative estimate of drug-likeness (QED) is 0.828. The first kappa shape index (κ1) is 11.6. The largest absolute Gasteiger partial charge is 0.310 e. The Balaban J connectivity index is 2.13. The fraction of sp³-hybridized carbons (Fsp3) is 0.769. The number of hydrogen-bond acceptors (Lipinski definition) is 2. The van der Waals surface area contributed by atoms with Crippen LogP contribution in [0.1, 0.15) is 49.9 Å². The monoisotopic (exact) mass is 221 g/mol. The van der Waals surface area contributed by atoms with E-state index in [4.69, 9.17) is 0 Å². The molecule has 16 heavy (non-hydrogen) atoms. The molecule has 0 saturated heterocycles. The van der Waals surface area contributed by atoms with Gasteiger partial charge in [0, 0.05) is 24.3 Å². The highest BCUT2D eigenvalue weighted by atomic mass is 15.3. The van der Waals surface area contributed by atoms with Crippen molar-refractivity contribution in [3.8, 4) is 0 Å². The minimum absolute atomic E-state index is 0.530. The van der Waals surface area contributed by atoms with Gasteiger partial charge in [0.2, 0.25) is 0 Å². The Morgan fingerprint density at radius 1 is 1.56 bits per heavy atom. The molecule has 1 atom stereocenters. The Morgan fingerprint density at radius 2 is 2.31 bits per heavy atom. The van der Waals surface area contributed by atoms with Crippen molar-refractivity contribution in [1.29, 1.82) is 0 Å². The third-order valence-electron chi connectivity index (χ3n) is 3.84. The lowest BCUT2D eigenvalue weighted by Gasteiger charge is -2.34. The molecular weight excluding hydrogens is 198 g/mol. The maximum absolute atomic E-state index is 4.36. The molecule has 1 saturated carbocycles. The summed E-state index contributed by atoms with van der Waals surface area (Å²) in [7, 11) is 2.02. The Morgan fingerprint density at radius 3 is 2.75 bits per heavy atom. The van der Waals surface area contributed by atoms with Crippen molar-refractivity contribution in [1.82, 2.24) is 15.1 Å². The van der Waals surface area contributed by atoms with Crippen LogP contribution in [-0.4, -0.2) is 16.3 Å². The van der Waals surface area contributed by atoms with Gasteiger partial charge < -0.3 is 5.32 Å². The first-order valence-corrected chi connectivity index (χ1v) is 6.46. The van der Waals surface area contributed by atoms with Crippen molar-refractivity contribution >= 4 is 0 Å². The van der Waals surface area contributed by atoms with Gasteiger partial charge in [-0.1, -0.05) is 13.3 Å². The average Bonchev–Trinajstić information content (AvgIpc) is 2.52.